The molecule has 1 aromatic carbocycles. The lowest BCUT2D eigenvalue weighted by atomic mass is 9.65. The van der Waals surface area contributed by atoms with Gasteiger partial charge in [-0.2, -0.15) is 0 Å². The van der Waals surface area contributed by atoms with Crippen molar-refractivity contribution in [2.45, 2.75) is 38.1 Å². The first-order chi connectivity index (χ1) is 12.0. The molecule has 2 aliphatic rings. The van der Waals surface area contributed by atoms with Crippen molar-refractivity contribution < 1.29 is 9.59 Å². The molecule has 6 heteroatoms. The molecule has 4 N–H and O–H groups in total. The highest BCUT2D eigenvalue weighted by atomic mass is 35.5. The monoisotopic (exact) mass is 363 g/mol. The van der Waals surface area contributed by atoms with Crippen LogP contribution in [-0.2, 0) is 4.79 Å². The molecule has 0 spiro atoms. The maximum absolute atomic E-state index is 12.4. The van der Waals surface area contributed by atoms with Crippen molar-refractivity contribution in [3.05, 3.63) is 34.9 Å². The highest BCUT2D eigenvalue weighted by Gasteiger charge is 2.40. The number of hydrogen-bond acceptors (Lipinski definition) is 3. The topological polar surface area (TPSA) is 84.2 Å². The van der Waals surface area contributed by atoms with Crippen molar-refractivity contribution >= 4 is 23.4 Å². The lowest BCUT2D eigenvalue weighted by Crippen LogP contribution is -2.49. The first-order valence-electron chi connectivity index (χ1n) is 9.11. The lowest BCUT2D eigenvalue weighted by Gasteiger charge is -2.43. The van der Waals surface area contributed by atoms with E-state index in [9.17, 15) is 9.59 Å². The number of fused-ring (bicyclic) bond motifs is 2. The molecule has 0 aromatic heterocycles. The molecule has 2 fully saturated rings. The SMILES string of the molecule is NC1C2CCCC1CC(C(=O)NCCNC(=O)c1ccc(Cl)cc1)C2. The molecule has 1 aromatic rings. The molecule has 0 saturated heterocycles. The van der Waals surface area contributed by atoms with E-state index in [0.29, 0.717) is 35.5 Å². The van der Waals surface area contributed by atoms with Gasteiger partial charge in [0.15, 0.2) is 0 Å². The van der Waals surface area contributed by atoms with E-state index in [4.69, 9.17) is 17.3 Å². The predicted molar refractivity (Wildman–Crippen MR) is 98.3 cm³/mol. The van der Waals surface area contributed by atoms with E-state index in [-0.39, 0.29) is 23.8 Å². The van der Waals surface area contributed by atoms with E-state index in [2.05, 4.69) is 10.6 Å². The van der Waals surface area contributed by atoms with Crippen molar-refractivity contribution in [2.75, 3.05) is 13.1 Å². The molecule has 3 rings (SSSR count). The van der Waals surface area contributed by atoms with Gasteiger partial charge in [-0.15, -0.1) is 0 Å². The second kappa shape index (κ2) is 8.19. The fraction of sp³-hybridized carbons (Fsp3) is 0.579. The fourth-order valence-corrected chi connectivity index (χ4v) is 4.34. The summed E-state index contributed by atoms with van der Waals surface area (Å²) >= 11 is 5.81. The molecule has 0 radical (unpaired) electrons. The van der Waals surface area contributed by atoms with Gasteiger partial charge in [-0.05, 0) is 61.8 Å². The molecule has 0 aliphatic heterocycles. The summed E-state index contributed by atoms with van der Waals surface area (Å²) in [6.07, 6.45) is 5.35. The van der Waals surface area contributed by atoms with Crippen molar-refractivity contribution in [1.82, 2.24) is 10.6 Å². The summed E-state index contributed by atoms with van der Waals surface area (Å²) in [5.74, 6) is 0.997. The van der Waals surface area contributed by atoms with Crippen molar-refractivity contribution in [3.8, 4) is 0 Å². The number of halogens is 1. The molecule has 2 atom stereocenters. The first kappa shape index (κ1) is 18.2. The van der Waals surface area contributed by atoms with E-state index in [1.165, 1.54) is 6.42 Å². The molecular weight excluding hydrogens is 338 g/mol. The molecule has 25 heavy (non-hydrogen) atoms. The Labute approximate surface area is 153 Å². The third kappa shape index (κ3) is 4.53. The summed E-state index contributed by atoms with van der Waals surface area (Å²) in [4.78, 5) is 24.4. The van der Waals surface area contributed by atoms with E-state index >= 15 is 0 Å². The van der Waals surface area contributed by atoms with Gasteiger partial charge in [0.05, 0.1) is 0 Å². The largest absolute Gasteiger partial charge is 0.354 e. The van der Waals surface area contributed by atoms with Crippen LogP contribution in [0.4, 0.5) is 0 Å². The maximum atomic E-state index is 12.4. The number of nitrogens with one attached hydrogen (secondary N) is 2. The van der Waals surface area contributed by atoms with Crippen LogP contribution in [0.1, 0.15) is 42.5 Å². The smallest absolute Gasteiger partial charge is 0.251 e. The Morgan fingerprint density at radius 1 is 1.04 bits per heavy atom. The van der Waals surface area contributed by atoms with Crippen LogP contribution in [0.3, 0.4) is 0 Å². The second-order valence-electron chi connectivity index (χ2n) is 7.25. The van der Waals surface area contributed by atoms with Gasteiger partial charge in [0.1, 0.15) is 0 Å². The van der Waals surface area contributed by atoms with Gasteiger partial charge in [-0.25, -0.2) is 0 Å². The van der Waals surface area contributed by atoms with Crippen LogP contribution >= 0.6 is 11.6 Å². The summed E-state index contributed by atoms with van der Waals surface area (Å²) in [5, 5.41) is 6.36. The number of nitrogens with two attached hydrogens (primary N) is 1. The van der Waals surface area contributed by atoms with Crippen LogP contribution in [0, 0.1) is 17.8 Å². The Balaban J connectivity index is 1.39. The molecular formula is C19H26ClN3O2. The van der Waals surface area contributed by atoms with Crippen LogP contribution < -0.4 is 16.4 Å². The average Bonchev–Trinajstić information content (AvgIpc) is 2.58. The summed E-state index contributed by atoms with van der Waals surface area (Å²) in [6, 6.07) is 7.00. The quantitative estimate of drug-likeness (QED) is 0.702. The van der Waals surface area contributed by atoms with Gasteiger partial charge in [0.2, 0.25) is 5.91 Å². The van der Waals surface area contributed by atoms with Gasteiger partial charge in [0.25, 0.3) is 5.91 Å². The number of rotatable bonds is 5. The molecule has 2 saturated carbocycles. The summed E-state index contributed by atoms with van der Waals surface area (Å²) in [7, 11) is 0. The maximum Gasteiger partial charge on any atom is 0.251 e. The standard InChI is InChI=1S/C19H26ClN3O2/c20-16-6-4-12(5-7-16)18(24)22-8-9-23-19(25)15-10-13-2-1-3-14(11-15)17(13)21/h4-7,13-15,17H,1-3,8-11,21H2,(H,22,24)(H,23,25). The molecule has 2 unspecified atom stereocenters. The van der Waals surface area contributed by atoms with E-state index < -0.39 is 0 Å². The predicted octanol–water partition coefficient (Wildman–Crippen LogP) is 2.34. The average molecular weight is 364 g/mol. The Morgan fingerprint density at radius 2 is 1.64 bits per heavy atom. The Kier molecular flexibility index (Phi) is 5.97. The van der Waals surface area contributed by atoms with Crippen LogP contribution in [0.2, 0.25) is 5.02 Å². The minimum Gasteiger partial charge on any atom is -0.354 e. The minimum absolute atomic E-state index is 0.0714. The minimum atomic E-state index is -0.163. The summed E-state index contributed by atoms with van der Waals surface area (Å²) in [6.45, 7) is 0.850. The molecule has 2 amide bonds. The first-order valence-corrected chi connectivity index (χ1v) is 9.49. The third-order valence-corrected chi connectivity index (χ3v) is 5.85. The van der Waals surface area contributed by atoms with E-state index in [1.54, 1.807) is 24.3 Å². The number of hydrogen-bond donors (Lipinski definition) is 3. The highest BCUT2D eigenvalue weighted by Crippen LogP contribution is 2.41. The van der Waals surface area contributed by atoms with Gasteiger partial charge in [-0.1, -0.05) is 18.0 Å². The molecule has 2 aliphatic carbocycles. The van der Waals surface area contributed by atoms with Crippen LogP contribution in [0.5, 0.6) is 0 Å². The molecule has 5 nitrogen and oxygen atoms in total. The van der Waals surface area contributed by atoms with Crippen molar-refractivity contribution in [2.24, 2.45) is 23.5 Å². The number of amides is 2. The van der Waals surface area contributed by atoms with Crippen LogP contribution in [0.25, 0.3) is 0 Å². The lowest BCUT2D eigenvalue weighted by molar-refractivity contribution is -0.127. The molecule has 136 valence electrons. The Bertz CT molecular complexity index is 606. The number of carbonyl (C=O) groups excluding carboxylic acids is 2. The number of benzene rings is 1. The fourth-order valence-electron chi connectivity index (χ4n) is 4.21. The van der Waals surface area contributed by atoms with E-state index in [0.717, 1.165) is 25.7 Å². The molecule has 2 bridgehead atoms. The van der Waals surface area contributed by atoms with Gasteiger partial charge < -0.3 is 16.4 Å². The summed E-state index contributed by atoms with van der Waals surface area (Å²) in [5.41, 5.74) is 6.84. The zero-order chi connectivity index (χ0) is 17.8. The zero-order valence-corrected chi connectivity index (χ0v) is 15.1. The van der Waals surface area contributed by atoms with E-state index in [1.807, 2.05) is 0 Å². The molecule has 0 heterocycles. The van der Waals surface area contributed by atoms with Gasteiger partial charge in [-0.3, -0.25) is 9.59 Å². The third-order valence-electron chi connectivity index (χ3n) is 5.60. The van der Waals surface area contributed by atoms with Crippen molar-refractivity contribution in [3.63, 3.8) is 0 Å². The summed E-state index contributed by atoms with van der Waals surface area (Å²) < 4.78 is 0. The normalized spacial score (nSPS) is 28.2. The Hall–Kier alpha value is -1.59. The van der Waals surface area contributed by atoms with Crippen molar-refractivity contribution in [1.29, 1.82) is 0 Å². The number of carbonyl (C=O) groups is 2. The van der Waals surface area contributed by atoms with Gasteiger partial charge in [0, 0.05) is 35.6 Å². The van der Waals surface area contributed by atoms with Crippen LogP contribution in [0.15, 0.2) is 24.3 Å². The van der Waals surface area contributed by atoms with Crippen LogP contribution in [-0.4, -0.2) is 30.9 Å². The zero-order valence-electron chi connectivity index (χ0n) is 14.3. The Morgan fingerprint density at radius 3 is 2.28 bits per heavy atom. The second-order valence-corrected chi connectivity index (χ2v) is 7.69. The van der Waals surface area contributed by atoms with Gasteiger partial charge >= 0.3 is 0 Å². The highest BCUT2D eigenvalue weighted by molar-refractivity contribution is 6.30.